The lowest BCUT2D eigenvalue weighted by atomic mass is 9.97. The zero-order valence-corrected chi connectivity index (χ0v) is 14.4. The number of amides is 1. The number of fused-ring (bicyclic) bond motifs is 1. The molecule has 0 N–H and O–H groups in total. The molecule has 0 radical (unpaired) electrons. The average molecular weight is 329 g/mol. The van der Waals surface area contributed by atoms with E-state index < -0.39 is 0 Å². The SMILES string of the molecule is C=C/C=C(\C=C)CN(C)C(=O)C(C)c1cc2c(cc1OC)OCO2. The van der Waals surface area contributed by atoms with E-state index in [2.05, 4.69) is 13.2 Å². The van der Waals surface area contributed by atoms with Crippen LogP contribution in [0.2, 0.25) is 0 Å². The van der Waals surface area contributed by atoms with Crippen molar-refractivity contribution < 1.29 is 19.0 Å². The topological polar surface area (TPSA) is 48.0 Å². The molecule has 5 heteroatoms. The number of benzene rings is 1. The van der Waals surface area contributed by atoms with Crippen LogP contribution in [0.3, 0.4) is 0 Å². The van der Waals surface area contributed by atoms with Crippen LogP contribution in [-0.4, -0.2) is 38.3 Å². The van der Waals surface area contributed by atoms with E-state index in [0.717, 1.165) is 11.1 Å². The van der Waals surface area contributed by atoms with Crippen LogP contribution < -0.4 is 14.2 Å². The normalized spacial score (nSPS) is 14.0. The second-order valence-electron chi connectivity index (χ2n) is 5.54. The standard InChI is InChI=1S/C19H23NO4/c1-6-8-14(7-2)11-20(4)19(21)13(3)15-9-17-18(24-12-23-17)10-16(15)22-5/h6-10,13H,1-2,11-12H2,3-5H3/b14-8+. The second-order valence-corrected chi connectivity index (χ2v) is 5.54. The first kappa shape index (κ1) is 17.7. The van der Waals surface area contributed by atoms with Crippen LogP contribution in [0.4, 0.5) is 0 Å². The summed E-state index contributed by atoms with van der Waals surface area (Å²) in [4.78, 5) is 14.4. The van der Waals surface area contributed by atoms with Crippen molar-refractivity contribution in [1.29, 1.82) is 0 Å². The van der Waals surface area contributed by atoms with Crippen molar-refractivity contribution in [1.82, 2.24) is 4.90 Å². The third kappa shape index (κ3) is 3.62. The van der Waals surface area contributed by atoms with Gasteiger partial charge in [0.25, 0.3) is 0 Å². The molecule has 1 amide bonds. The highest BCUT2D eigenvalue weighted by atomic mass is 16.7. The number of likely N-dealkylation sites (N-methyl/N-ethyl adjacent to an activating group) is 1. The van der Waals surface area contributed by atoms with E-state index in [9.17, 15) is 4.79 Å². The van der Waals surface area contributed by atoms with Gasteiger partial charge in [0.1, 0.15) is 5.75 Å². The molecule has 128 valence electrons. The van der Waals surface area contributed by atoms with Crippen LogP contribution >= 0.6 is 0 Å². The molecule has 1 aromatic carbocycles. The molecule has 1 aliphatic rings. The quantitative estimate of drug-likeness (QED) is 0.720. The molecule has 1 aliphatic heterocycles. The van der Waals surface area contributed by atoms with Crippen molar-refractivity contribution in [2.75, 3.05) is 27.5 Å². The Bertz CT molecular complexity index is 678. The van der Waals surface area contributed by atoms with E-state index in [0.29, 0.717) is 23.8 Å². The predicted molar refractivity (Wildman–Crippen MR) is 93.6 cm³/mol. The maximum absolute atomic E-state index is 12.8. The zero-order valence-electron chi connectivity index (χ0n) is 14.4. The Morgan fingerprint density at radius 2 is 2.04 bits per heavy atom. The predicted octanol–water partition coefficient (Wildman–Crippen LogP) is 3.28. The highest BCUT2D eigenvalue weighted by Gasteiger charge is 2.26. The van der Waals surface area contributed by atoms with Gasteiger partial charge in [0.15, 0.2) is 11.5 Å². The summed E-state index contributed by atoms with van der Waals surface area (Å²) < 4.78 is 16.2. The van der Waals surface area contributed by atoms with E-state index in [-0.39, 0.29) is 18.6 Å². The van der Waals surface area contributed by atoms with Crippen molar-refractivity contribution in [3.8, 4) is 17.2 Å². The molecule has 1 aromatic rings. The number of carbonyl (C=O) groups excluding carboxylic acids is 1. The molecule has 0 fully saturated rings. The lowest BCUT2D eigenvalue weighted by Gasteiger charge is -2.23. The minimum Gasteiger partial charge on any atom is -0.496 e. The average Bonchev–Trinajstić information content (AvgIpc) is 3.05. The van der Waals surface area contributed by atoms with Crippen LogP contribution in [0, 0.1) is 0 Å². The van der Waals surface area contributed by atoms with Crippen LogP contribution in [0.5, 0.6) is 17.2 Å². The lowest BCUT2D eigenvalue weighted by molar-refractivity contribution is -0.130. The first-order chi connectivity index (χ1) is 11.5. The van der Waals surface area contributed by atoms with Gasteiger partial charge in [-0.15, -0.1) is 0 Å². The van der Waals surface area contributed by atoms with Crippen LogP contribution in [0.15, 0.2) is 49.1 Å². The largest absolute Gasteiger partial charge is 0.496 e. The molecule has 1 unspecified atom stereocenters. The van der Waals surface area contributed by atoms with Gasteiger partial charge < -0.3 is 19.1 Å². The number of ether oxygens (including phenoxy) is 3. The van der Waals surface area contributed by atoms with Gasteiger partial charge in [-0.25, -0.2) is 0 Å². The van der Waals surface area contributed by atoms with Crippen LogP contribution in [0.1, 0.15) is 18.4 Å². The Morgan fingerprint density at radius 1 is 1.38 bits per heavy atom. The highest BCUT2D eigenvalue weighted by molar-refractivity contribution is 5.84. The molecule has 1 atom stereocenters. The third-order valence-corrected chi connectivity index (χ3v) is 3.95. The Balaban J connectivity index is 2.22. The number of methoxy groups -OCH3 is 1. The minimum atomic E-state index is -0.380. The van der Waals surface area contributed by atoms with Crippen molar-refractivity contribution in [3.63, 3.8) is 0 Å². The molecule has 2 rings (SSSR count). The third-order valence-electron chi connectivity index (χ3n) is 3.95. The molecule has 0 saturated heterocycles. The summed E-state index contributed by atoms with van der Waals surface area (Å²) >= 11 is 0. The number of hydrogen-bond donors (Lipinski definition) is 0. The fourth-order valence-corrected chi connectivity index (χ4v) is 2.61. The first-order valence-electron chi connectivity index (χ1n) is 7.68. The maximum Gasteiger partial charge on any atom is 0.231 e. The Labute approximate surface area is 142 Å². The summed E-state index contributed by atoms with van der Waals surface area (Å²) in [6, 6.07) is 3.57. The number of hydrogen-bond acceptors (Lipinski definition) is 4. The van der Waals surface area contributed by atoms with E-state index in [1.54, 1.807) is 37.3 Å². The minimum absolute atomic E-state index is 0.0241. The summed E-state index contributed by atoms with van der Waals surface area (Å²) in [6.45, 7) is 9.92. The molecular weight excluding hydrogens is 306 g/mol. The highest BCUT2D eigenvalue weighted by Crippen LogP contribution is 2.41. The molecule has 24 heavy (non-hydrogen) atoms. The second kappa shape index (κ2) is 7.73. The number of rotatable bonds is 7. The molecular formula is C19H23NO4. The van der Waals surface area contributed by atoms with Gasteiger partial charge in [0.2, 0.25) is 12.7 Å². The smallest absolute Gasteiger partial charge is 0.231 e. The molecule has 0 bridgehead atoms. The summed E-state index contributed by atoms with van der Waals surface area (Å²) in [5, 5.41) is 0. The monoisotopic (exact) mass is 329 g/mol. The van der Waals surface area contributed by atoms with Crippen molar-refractivity contribution in [2.24, 2.45) is 0 Å². The van der Waals surface area contributed by atoms with E-state index in [1.165, 1.54) is 0 Å². The molecule has 5 nitrogen and oxygen atoms in total. The summed E-state index contributed by atoms with van der Waals surface area (Å²) in [5.41, 5.74) is 1.69. The Hall–Kier alpha value is -2.69. The molecule has 0 aliphatic carbocycles. The summed E-state index contributed by atoms with van der Waals surface area (Å²) in [5.74, 6) is 1.47. The fraction of sp³-hybridized carbons (Fsp3) is 0.316. The van der Waals surface area contributed by atoms with Gasteiger partial charge in [-0.05, 0) is 18.6 Å². The van der Waals surface area contributed by atoms with Gasteiger partial charge >= 0.3 is 0 Å². The first-order valence-corrected chi connectivity index (χ1v) is 7.68. The van der Waals surface area contributed by atoms with Crippen molar-refractivity contribution in [3.05, 3.63) is 54.7 Å². The number of carbonyl (C=O) groups is 1. The summed E-state index contributed by atoms with van der Waals surface area (Å²) in [6.07, 6.45) is 5.24. The van der Waals surface area contributed by atoms with E-state index in [1.807, 2.05) is 19.1 Å². The fourth-order valence-electron chi connectivity index (χ4n) is 2.61. The van der Waals surface area contributed by atoms with Crippen molar-refractivity contribution in [2.45, 2.75) is 12.8 Å². The van der Waals surface area contributed by atoms with Gasteiger partial charge in [0.05, 0.1) is 13.0 Å². The molecule has 0 spiro atoms. The zero-order chi connectivity index (χ0) is 17.7. The van der Waals surface area contributed by atoms with Gasteiger partial charge in [-0.2, -0.15) is 0 Å². The lowest BCUT2D eigenvalue weighted by Crippen LogP contribution is -2.32. The maximum atomic E-state index is 12.8. The number of nitrogens with zero attached hydrogens (tertiary/aromatic N) is 1. The van der Waals surface area contributed by atoms with Gasteiger partial charge in [-0.3, -0.25) is 4.79 Å². The molecule has 0 aromatic heterocycles. The van der Waals surface area contributed by atoms with Crippen LogP contribution in [-0.2, 0) is 4.79 Å². The van der Waals surface area contributed by atoms with Crippen LogP contribution in [0.25, 0.3) is 0 Å². The number of allylic oxidation sites excluding steroid dienone is 2. The molecule has 1 heterocycles. The van der Waals surface area contributed by atoms with Gasteiger partial charge in [0, 0.05) is 25.2 Å². The van der Waals surface area contributed by atoms with Crippen molar-refractivity contribution >= 4 is 5.91 Å². The summed E-state index contributed by atoms with van der Waals surface area (Å²) in [7, 11) is 3.34. The Morgan fingerprint density at radius 3 is 2.62 bits per heavy atom. The van der Waals surface area contributed by atoms with E-state index in [4.69, 9.17) is 14.2 Å². The van der Waals surface area contributed by atoms with E-state index >= 15 is 0 Å². The Kier molecular flexibility index (Phi) is 5.68. The molecule has 0 saturated carbocycles. The van der Waals surface area contributed by atoms with Gasteiger partial charge in [-0.1, -0.05) is 31.4 Å².